The summed E-state index contributed by atoms with van der Waals surface area (Å²) in [6, 6.07) is 4.00. The smallest absolute Gasteiger partial charge is 0.153 e. The number of hydrogen-bond donors (Lipinski definition) is 1. The molecule has 2 aromatic rings. The van der Waals surface area contributed by atoms with Crippen LogP contribution in [0.2, 0.25) is 0 Å². The normalized spacial score (nSPS) is 11.0. The number of halogens is 1. The van der Waals surface area contributed by atoms with Crippen molar-refractivity contribution in [3.63, 3.8) is 0 Å². The molecule has 0 aliphatic heterocycles. The van der Waals surface area contributed by atoms with Crippen LogP contribution in [0.4, 0.5) is 0 Å². The van der Waals surface area contributed by atoms with Gasteiger partial charge in [0.25, 0.3) is 0 Å². The number of rotatable bonds is 7. The minimum Gasteiger partial charge on any atom is -0.313 e. The monoisotopic (exact) mass is 350 g/mol. The van der Waals surface area contributed by atoms with Gasteiger partial charge in [-0.3, -0.25) is 0 Å². The Labute approximate surface area is 135 Å². The molecular weight excluding hydrogens is 328 g/mol. The van der Waals surface area contributed by atoms with Crippen molar-refractivity contribution in [3.8, 4) is 5.82 Å². The van der Waals surface area contributed by atoms with E-state index in [2.05, 4.69) is 47.0 Å². The van der Waals surface area contributed by atoms with Crippen molar-refractivity contribution in [2.75, 3.05) is 6.54 Å². The summed E-state index contributed by atoms with van der Waals surface area (Å²) in [6.45, 7) is 8.44. The molecular formula is C16H23BrN4. The van der Waals surface area contributed by atoms with Gasteiger partial charge in [0.05, 0.1) is 11.4 Å². The van der Waals surface area contributed by atoms with Crippen molar-refractivity contribution >= 4 is 15.9 Å². The van der Waals surface area contributed by atoms with E-state index < -0.39 is 0 Å². The van der Waals surface area contributed by atoms with Gasteiger partial charge in [0.2, 0.25) is 0 Å². The molecule has 0 saturated carbocycles. The topological polar surface area (TPSA) is 42.7 Å². The third-order valence-electron chi connectivity index (χ3n) is 3.50. The Morgan fingerprint density at radius 3 is 2.57 bits per heavy atom. The van der Waals surface area contributed by atoms with Crippen molar-refractivity contribution in [2.45, 2.75) is 46.6 Å². The maximum absolute atomic E-state index is 4.78. The molecule has 0 aliphatic carbocycles. The summed E-state index contributed by atoms with van der Waals surface area (Å²) in [5.41, 5.74) is 3.75. The predicted molar refractivity (Wildman–Crippen MR) is 89.8 cm³/mol. The van der Waals surface area contributed by atoms with Gasteiger partial charge in [-0.15, -0.1) is 0 Å². The second kappa shape index (κ2) is 7.71. The average Bonchev–Trinajstić information content (AvgIpc) is 2.86. The summed E-state index contributed by atoms with van der Waals surface area (Å²) in [5, 5.41) is 8.27. The van der Waals surface area contributed by atoms with E-state index in [0.717, 1.165) is 42.6 Å². The van der Waals surface area contributed by atoms with Gasteiger partial charge in [-0.25, -0.2) is 9.67 Å². The molecule has 2 rings (SSSR count). The lowest BCUT2D eigenvalue weighted by Crippen LogP contribution is -2.16. The number of pyridine rings is 1. The van der Waals surface area contributed by atoms with E-state index in [9.17, 15) is 0 Å². The fourth-order valence-electron chi connectivity index (χ4n) is 2.46. The highest BCUT2D eigenvalue weighted by Crippen LogP contribution is 2.20. The van der Waals surface area contributed by atoms with Crippen LogP contribution in [0.1, 0.15) is 44.1 Å². The van der Waals surface area contributed by atoms with Crippen LogP contribution in [-0.2, 0) is 19.4 Å². The fourth-order valence-corrected chi connectivity index (χ4v) is 2.69. The predicted octanol–water partition coefficient (Wildman–Crippen LogP) is 3.65. The molecule has 0 unspecified atom stereocenters. The maximum atomic E-state index is 4.78. The zero-order chi connectivity index (χ0) is 15.2. The minimum atomic E-state index is 0.881. The van der Waals surface area contributed by atoms with Crippen molar-refractivity contribution in [2.24, 2.45) is 0 Å². The standard InChI is InChI=1S/C16H23BrN4/c1-4-9-18-11-13-14(5-2)20-21(15(13)6-3)16-8-7-12(17)10-19-16/h7-8,10,18H,4-6,9,11H2,1-3H3. The molecule has 4 nitrogen and oxygen atoms in total. The van der Waals surface area contributed by atoms with Gasteiger partial charge in [-0.1, -0.05) is 20.8 Å². The summed E-state index contributed by atoms with van der Waals surface area (Å²) in [5.74, 6) is 0.881. The first kappa shape index (κ1) is 16.2. The number of aromatic nitrogens is 3. The van der Waals surface area contributed by atoms with E-state index in [1.807, 2.05) is 23.0 Å². The van der Waals surface area contributed by atoms with Crippen LogP contribution in [0.3, 0.4) is 0 Å². The summed E-state index contributed by atoms with van der Waals surface area (Å²) in [7, 11) is 0. The lowest BCUT2D eigenvalue weighted by molar-refractivity contribution is 0.666. The third-order valence-corrected chi connectivity index (χ3v) is 3.97. The maximum Gasteiger partial charge on any atom is 0.153 e. The van der Waals surface area contributed by atoms with Crippen LogP contribution in [-0.4, -0.2) is 21.3 Å². The van der Waals surface area contributed by atoms with Crippen molar-refractivity contribution in [1.29, 1.82) is 0 Å². The Balaban J connectivity index is 2.39. The van der Waals surface area contributed by atoms with Gasteiger partial charge in [0.1, 0.15) is 0 Å². The van der Waals surface area contributed by atoms with Crippen LogP contribution in [0.5, 0.6) is 0 Å². The zero-order valence-corrected chi connectivity index (χ0v) is 14.6. The van der Waals surface area contributed by atoms with Gasteiger partial charge in [0, 0.05) is 22.8 Å². The van der Waals surface area contributed by atoms with E-state index in [0.29, 0.717) is 0 Å². The lowest BCUT2D eigenvalue weighted by Gasteiger charge is -2.08. The van der Waals surface area contributed by atoms with Gasteiger partial charge >= 0.3 is 0 Å². The minimum absolute atomic E-state index is 0.881. The number of nitrogens with zero attached hydrogens (tertiary/aromatic N) is 3. The highest BCUT2D eigenvalue weighted by molar-refractivity contribution is 9.10. The second-order valence-corrected chi connectivity index (χ2v) is 5.92. The van der Waals surface area contributed by atoms with Gasteiger partial charge in [-0.05, 0) is 53.9 Å². The first-order valence-electron chi connectivity index (χ1n) is 7.63. The molecule has 5 heteroatoms. The highest BCUT2D eigenvalue weighted by atomic mass is 79.9. The molecule has 0 amide bonds. The number of hydrogen-bond acceptors (Lipinski definition) is 3. The molecule has 0 saturated heterocycles. The molecule has 0 bridgehead atoms. The second-order valence-electron chi connectivity index (χ2n) is 5.00. The van der Waals surface area contributed by atoms with Crippen molar-refractivity contribution < 1.29 is 0 Å². The van der Waals surface area contributed by atoms with Gasteiger partial charge < -0.3 is 5.32 Å². The molecule has 0 fully saturated rings. The molecule has 0 aromatic carbocycles. The van der Waals surface area contributed by atoms with E-state index in [1.165, 1.54) is 17.0 Å². The Kier molecular flexibility index (Phi) is 5.94. The van der Waals surface area contributed by atoms with Crippen LogP contribution in [0, 0.1) is 0 Å². The molecule has 114 valence electrons. The first-order chi connectivity index (χ1) is 10.2. The third kappa shape index (κ3) is 3.71. The summed E-state index contributed by atoms with van der Waals surface area (Å²) >= 11 is 3.43. The average molecular weight is 351 g/mol. The Hall–Kier alpha value is -1.20. The summed E-state index contributed by atoms with van der Waals surface area (Å²) < 4.78 is 2.98. The highest BCUT2D eigenvalue weighted by Gasteiger charge is 2.16. The first-order valence-corrected chi connectivity index (χ1v) is 8.42. The van der Waals surface area contributed by atoms with Crippen molar-refractivity contribution in [1.82, 2.24) is 20.1 Å². The van der Waals surface area contributed by atoms with Gasteiger partial charge in [0.15, 0.2) is 5.82 Å². The zero-order valence-electron chi connectivity index (χ0n) is 13.0. The number of aryl methyl sites for hydroxylation is 1. The molecule has 0 radical (unpaired) electrons. The van der Waals surface area contributed by atoms with Crippen LogP contribution >= 0.6 is 15.9 Å². The molecule has 0 aliphatic rings. The summed E-state index contributed by atoms with van der Waals surface area (Å²) in [6.07, 6.45) is 4.86. The molecule has 1 N–H and O–H groups in total. The van der Waals surface area contributed by atoms with Gasteiger partial charge in [-0.2, -0.15) is 5.10 Å². The Morgan fingerprint density at radius 1 is 1.19 bits per heavy atom. The SMILES string of the molecule is CCCNCc1c(CC)nn(-c2ccc(Br)cn2)c1CC. The molecule has 0 atom stereocenters. The Bertz CT molecular complexity index is 575. The summed E-state index contributed by atoms with van der Waals surface area (Å²) in [4.78, 5) is 4.48. The molecule has 2 aromatic heterocycles. The van der Waals surface area contributed by atoms with Crippen LogP contribution in [0.15, 0.2) is 22.8 Å². The Morgan fingerprint density at radius 2 is 2.00 bits per heavy atom. The quantitative estimate of drug-likeness (QED) is 0.775. The van der Waals surface area contributed by atoms with Crippen LogP contribution < -0.4 is 5.32 Å². The van der Waals surface area contributed by atoms with Crippen LogP contribution in [0.25, 0.3) is 5.82 Å². The molecule has 21 heavy (non-hydrogen) atoms. The number of nitrogens with one attached hydrogen (secondary N) is 1. The lowest BCUT2D eigenvalue weighted by atomic mass is 10.1. The van der Waals surface area contributed by atoms with Crippen molar-refractivity contribution in [3.05, 3.63) is 39.8 Å². The van der Waals surface area contributed by atoms with E-state index in [4.69, 9.17) is 5.10 Å². The largest absolute Gasteiger partial charge is 0.313 e. The fraction of sp³-hybridized carbons (Fsp3) is 0.500. The van der Waals surface area contributed by atoms with E-state index >= 15 is 0 Å². The molecule has 2 heterocycles. The molecule has 0 spiro atoms. The van der Waals surface area contributed by atoms with E-state index in [1.54, 1.807) is 0 Å². The van der Waals surface area contributed by atoms with E-state index in [-0.39, 0.29) is 0 Å².